The predicted molar refractivity (Wildman–Crippen MR) is 102 cm³/mol. The van der Waals surface area contributed by atoms with E-state index in [1.54, 1.807) is 6.92 Å². The molecule has 28 heavy (non-hydrogen) atoms. The molecule has 2 heterocycles. The second-order valence-corrected chi connectivity index (χ2v) is 6.17. The van der Waals surface area contributed by atoms with Gasteiger partial charge in [-0.1, -0.05) is 18.2 Å². The maximum absolute atomic E-state index is 12.0. The number of benzene rings is 1. The first-order valence-electron chi connectivity index (χ1n) is 8.50. The van der Waals surface area contributed by atoms with Gasteiger partial charge in [0.1, 0.15) is 18.1 Å². The summed E-state index contributed by atoms with van der Waals surface area (Å²) in [5.41, 5.74) is 0.602. The van der Waals surface area contributed by atoms with Gasteiger partial charge >= 0.3 is 11.7 Å². The third kappa shape index (κ3) is 4.01. The van der Waals surface area contributed by atoms with Gasteiger partial charge in [-0.15, -0.1) is 0 Å². The van der Waals surface area contributed by atoms with Gasteiger partial charge in [-0.05, 0) is 25.1 Å². The van der Waals surface area contributed by atoms with Crippen LogP contribution in [0.15, 0.2) is 56.6 Å². The standard InChI is InChI=1S/C20H19N3O5/c1-13-16(21-18(28-13)14-7-5-4-6-8-14)12-27-17(24)10-9-15-11-22(2)20(26)23(3)19(15)25/h4-11H,12H2,1-3H3/b10-9+. The number of rotatable bonds is 5. The van der Waals surface area contributed by atoms with Crippen molar-refractivity contribution in [3.63, 3.8) is 0 Å². The first kappa shape index (κ1) is 19.1. The van der Waals surface area contributed by atoms with E-state index in [-0.39, 0.29) is 12.2 Å². The van der Waals surface area contributed by atoms with Gasteiger partial charge in [0.2, 0.25) is 5.89 Å². The highest BCUT2D eigenvalue weighted by Crippen LogP contribution is 2.21. The molecule has 0 aliphatic rings. The van der Waals surface area contributed by atoms with Crippen LogP contribution in [0.3, 0.4) is 0 Å². The highest BCUT2D eigenvalue weighted by Gasteiger charge is 2.13. The van der Waals surface area contributed by atoms with Gasteiger partial charge in [0.25, 0.3) is 5.56 Å². The SMILES string of the molecule is Cc1oc(-c2ccccc2)nc1COC(=O)/C=C/c1cn(C)c(=O)n(C)c1=O. The lowest BCUT2D eigenvalue weighted by Crippen LogP contribution is -2.37. The third-order valence-electron chi connectivity index (χ3n) is 4.14. The second kappa shape index (κ2) is 7.91. The lowest BCUT2D eigenvalue weighted by Gasteiger charge is -2.03. The van der Waals surface area contributed by atoms with E-state index in [1.807, 2.05) is 30.3 Å². The molecule has 0 saturated heterocycles. The minimum atomic E-state index is -0.639. The quantitative estimate of drug-likeness (QED) is 0.494. The normalized spacial score (nSPS) is 11.1. The summed E-state index contributed by atoms with van der Waals surface area (Å²) in [4.78, 5) is 40.0. The van der Waals surface area contributed by atoms with Crippen LogP contribution in [0.25, 0.3) is 17.5 Å². The summed E-state index contributed by atoms with van der Waals surface area (Å²) >= 11 is 0. The molecule has 0 spiro atoms. The number of carbonyl (C=O) groups excluding carboxylic acids is 1. The van der Waals surface area contributed by atoms with Crippen LogP contribution in [0.2, 0.25) is 0 Å². The topological polar surface area (TPSA) is 96.3 Å². The van der Waals surface area contributed by atoms with Gasteiger partial charge in [-0.2, -0.15) is 0 Å². The van der Waals surface area contributed by atoms with Crippen LogP contribution < -0.4 is 11.2 Å². The Morgan fingerprint density at radius 1 is 1.21 bits per heavy atom. The van der Waals surface area contributed by atoms with Crippen LogP contribution in [-0.4, -0.2) is 20.1 Å². The molecule has 8 heteroatoms. The molecule has 0 aliphatic heterocycles. The van der Waals surface area contributed by atoms with Crippen molar-refractivity contribution in [2.45, 2.75) is 13.5 Å². The van der Waals surface area contributed by atoms with E-state index in [1.165, 1.54) is 30.9 Å². The molecule has 0 saturated carbocycles. The van der Waals surface area contributed by atoms with Crippen molar-refractivity contribution < 1.29 is 13.9 Å². The fourth-order valence-corrected chi connectivity index (χ4v) is 2.56. The second-order valence-electron chi connectivity index (χ2n) is 6.17. The maximum atomic E-state index is 12.0. The smallest absolute Gasteiger partial charge is 0.331 e. The maximum Gasteiger partial charge on any atom is 0.331 e. The molecule has 0 atom stereocenters. The van der Waals surface area contributed by atoms with Gasteiger partial charge < -0.3 is 13.7 Å². The Balaban J connectivity index is 1.69. The molecule has 0 bridgehead atoms. The number of aryl methyl sites for hydroxylation is 2. The highest BCUT2D eigenvalue weighted by atomic mass is 16.5. The fraction of sp³-hybridized carbons (Fsp3) is 0.200. The van der Waals surface area contributed by atoms with E-state index < -0.39 is 17.2 Å². The lowest BCUT2D eigenvalue weighted by atomic mass is 10.2. The molecule has 1 aromatic carbocycles. The summed E-state index contributed by atoms with van der Waals surface area (Å²) in [6, 6.07) is 9.40. The summed E-state index contributed by atoms with van der Waals surface area (Å²) in [7, 11) is 2.90. The summed E-state index contributed by atoms with van der Waals surface area (Å²) < 4.78 is 13.0. The van der Waals surface area contributed by atoms with Crippen LogP contribution in [0, 0.1) is 6.92 Å². The van der Waals surface area contributed by atoms with Crippen LogP contribution in [0.5, 0.6) is 0 Å². The molecule has 0 radical (unpaired) electrons. The van der Waals surface area contributed by atoms with Crippen LogP contribution >= 0.6 is 0 Å². The fourth-order valence-electron chi connectivity index (χ4n) is 2.56. The minimum Gasteiger partial charge on any atom is -0.456 e. The number of oxazole rings is 1. The molecular weight excluding hydrogens is 362 g/mol. The third-order valence-corrected chi connectivity index (χ3v) is 4.14. The number of ether oxygens (including phenoxy) is 1. The van der Waals surface area contributed by atoms with Crippen LogP contribution in [0.4, 0.5) is 0 Å². The van der Waals surface area contributed by atoms with Gasteiger partial charge in [-0.25, -0.2) is 14.6 Å². The molecular formula is C20H19N3O5. The van der Waals surface area contributed by atoms with Gasteiger partial charge in [-0.3, -0.25) is 9.36 Å². The number of esters is 1. The van der Waals surface area contributed by atoms with Crippen molar-refractivity contribution >= 4 is 12.0 Å². The molecule has 8 nitrogen and oxygen atoms in total. The Kier molecular flexibility index (Phi) is 5.39. The first-order valence-corrected chi connectivity index (χ1v) is 8.50. The molecule has 3 aromatic rings. The van der Waals surface area contributed by atoms with E-state index in [0.717, 1.165) is 16.2 Å². The zero-order chi connectivity index (χ0) is 20.3. The van der Waals surface area contributed by atoms with E-state index >= 15 is 0 Å². The van der Waals surface area contributed by atoms with E-state index in [9.17, 15) is 14.4 Å². The monoisotopic (exact) mass is 381 g/mol. The molecule has 0 fully saturated rings. The Labute approximate surface area is 160 Å². The lowest BCUT2D eigenvalue weighted by molar-refractivity contribution is -0.139. The van der Waals surface area contributed by atoms with Gasteiger partial charge in [0.15, 0.2) is 0 Å². The summed E-state index contributed by atoms with van der Waals surface area (Å²) in [5.74, 6) is 0.371. The van der Waals surface area contributed by atoms with Crippen molar-refractivity contribution in [1.29, 1.82) is 0 Å². The van der Waals surface area contributed by atoms with Crippen molar-refractivity contribution in [2.24, 2.45) is 14.1 Å². The van der Waals surface area contributed by atoms with Crippen molar-refractivity contribution in [3.05, 3.63) is 80.5 Å². The number of carbonyl (C=O) groups is 1. The average molecular weight is 381 g/mol. The largest absolute Gasteiger partial charge is 0.456 e. The highest BCUT2D eigenvalue weighted by molar-refractivity contribution is 5.86. The number of hydrogen-bond acceptors (Lipinski definition) is 6. The van der Waals surface area contributed by atoms with Crippen molar-refractivity contribution in [2.75, 3.05) is 0 Å². The Morgan fingerprint density at radius 3 is 2.64 bits per heavy atom. The molecule has 0 unspecified atom stereocenters. The first-order chi connectivity index (χ1) is 13.4. The van der Waals surface area contributed by atoms with Gasteiger partial charge in [0, 0.05) is 31.9 Å². The van der Waals surface area contributed by atoms with E-state index in [0.29, 0.717) is 17.3 Å². The van der Waals surface area contributed by atoms with Crippen LogP contribution in [-0.2, 0) is 30.2 Å². The Bertz CT molecular complexity index is 1150. The minimum absolute atomic E-state index is 0.0589. The Morgan fingerprint density at radius 2 is 1.93 bits per heavy atom. The van der Waals surface area contributed by atoms with Crippen molar-refractivity contribution in [1.82, 2.24) is 14.1 Å². The molecule has 3 rings (SSSR count). The zero-order valence-electron chi connectivity index (χ0n) is 15.7. The van der Waals surface area contributed by atoms with Crippen LogP contribution in [0.1, 0.15) is 17.0 Å². The summed E-state index contributed by atoms with van der Waals surface area (Å²) in [6.07, 6.45) is 3.81. The van der Waals surface area contributed by atoms with E-state index in [4.69, 9.17) is 9.15 Å². The molecule has 144 valence electrons. The molecule has 0 aliphatic carbocycles. The Hall–Kier alpha value is -3.68. The summed E-state index contributed by atoms with van der Waals surface area (Å²) in [5, 5.41) is 0. The number of hydrogen-bond donors (Lipinski definition) is 0. The number of nitrogens with zero attached hydrogens (tertiary/aromatic N) is 3. The molecule has 0 amide bonds. The van der Waals surface area contributed by atoms with Gasteiger partial charge in [0.05, 0.1) is 5.56 Å². The van der Waals surface area contributed by atoms with Crippen molar-refractivity contribution in [3.8, 4) is 11.5 Å². The predicted octanol–water partition coefficient (Wildman–Crippen LogP) is 1.80. The number of aromatic nitrogens is 3. The zero-order valence-corrected chi connectivity index (χ0v) is 15.7. The summed E-state index contributed by atoms with van der Waals surface area (Å²) in [6.45, 7) is 1.68. The van der Waals surface area contributed by atoms with E-state index in [2.05, 4.69) is 4.98 Å². The average Bonchev–Trinajstić information content (AvgIpc) is 3.08. The molecule has 2 aromatic heterocycles. The molecule has 0 N–H and O–H groups in total.